The molecule has 3 heterocycles. The van der Waals surface area contributed by atoms with E-state index in [0.717, 1.165) is 18.7 Å². The lowest BCUT2D eigenvalue weighted by Gasteiger charge is -2.13. The van der Waals surface area contributed by atoms with Crippen molar-refractivity contribution in [2.75, 3.05) is 18.8 Å². The quantitative estimate of drug-likeness (QED) is 0.152. The number of fused-ring (bicyclic) bond motifs is 1. The number of rotatable bonds is 7. The van der Waals surface area contributed by atoms with Crippen molar-refractivity contribution in [1.82, 2.24) is 9.47 Å². The van der Waals surface area contributed by atoms with Crippen LogP contribution < -0.4 is 10.1 Å². The molecule has 1 saturated heterocycles. The summed E-state index contributed by atoms with van der Waals surface area (Å²) in [7, 11) is 2.11. The largest absolute Gasteiger partial charge is 0.368 e. The van der Waals surface area contributed by atoms with Gasteiger partial charge in [-0.2, -0.15) is 5.10 Å². The van der Waals surface area contributed by atoms with Crippen LogP contribution in [0.3, 0.4) is 0 Å². The predicted molar refractivity (Wildman–Crippen MR) is 130 cm³/mol. The molecule has 0 aliphatic carbocycles. The van der Waals surface area contributed by atoms with Crippen molar-refractivity contribution in [3.63, 3.8) is 0 Å². The highest BCUT2D eigenvalue weighted by Gasteiger charge is 2.16. The van der Waals surface area contributed by atoms with E-state index in [4.69, 9.17) is 5.73 Å². The average Bonchev–Trinajstić information content (AvgIpc) is 3.43. The maximum absolute atomic E-state index is 6.00. The van der Waals surface area contributed by atoms with Crippen molar-refractivity contribution < 1.29 is 4.40 Å². The van der Waals surface area contributed by atoms with Crippen LogP contribution in [0.15, 0.2) is 63.9 Å². The first-order chi connectivity index (χ1) is 15.2. The molecule has 0 bridgehead atoms. The molecule has 1 aliphatic rings. The van der Waals surface area contributed by atoms with E-state index in [-0.39, 0.29) is 0 Å². The van der Waals surface area contributed by atoms with Crippen molar-refractivity contribution in [2.45, 2.75) is 37.5 Å². The van der Waals surface area contributed by atoms with Gasteiger partial charge < -0.3 is 10.6 Å². The van der Waals surface area contributed by atoms with E-state index in [2.05, 4.69) is 86.8 Å². The number of aromatic nitrogens is 2. The first-order valence-corrected chi connectivity index (χ1v) is 12.0. The molecule has 1 fully saturated rings. The Hall–Kier alpha value is -2.80. The molecule has 0 spiro atoms. The van der Waals surface area contributed by atoms with Crippen LogP contribution in [0.25, 0.3) is 16.9 Å². The number of benzene rings is 1. The third kappa shape index (κ3) is 5.10. The van der Waals surface area contributed by atoms with Gasteiger partial charge in [0.05, 0.1) is 13.3 Å². The maximum Gasteiger partial charge on any atom is 0.286 e. The van der Waals surface area contributed by atoms with Gasteiger partial charge in [-0.05, 0) is 48.8 Å². The predicted octanol–water partition coefficient (Wildman–Crippen LogP) is 4.07. The van der Waals surface area contributed by atoms with E-state index >= 15 is 0 Å². The standard InChI is InChI=1S/C24H31N6S/c1-3-4-15-31-21-11-12-23-28(2)22(18-30(23)17-21)20-9-7-19(8-10-20)16-26-27-24(25)29-13-5-6-14-29/h7-12,16-18H,3-6,13-15H2,1-2H3,(H2,25,27)/q+1/b26-16+. The lowest BCUT2D eigenvalue weighted by atomic mass is 10.1. The number of likely N-dealkylation sites (tertiary alicyclic amines) is 1. The summed E-state index contributed by atoms with van der Waals surface area (Å²) in [6, 6.07) is 12.8. The van der Waals surface area contributed by atoms with Crippen molar-refractivity contribution in [2.24, 2.45) is 23.0 Å². The number of imidazole rings is 1. The lowest BCUT2D eigenvalue weighted by molar-refractivity contribution is -0.512. The van der Waals surface area contributed by atoms with Gasteiger partial charge in [0.1, 0.15) is 12.4 Å². The molecular formula is C24H31N6S+. The van der Waals surface area contributed by atoms with Crippen LogP contribution in [-0.4, -0.2) is 40.5 Å². The summed E-state index contributed by atoms with van der Waals surface area (Å²) in [5, 5.41) is 8.31. The van der Waals surface area contributed by atoms with Gasteiger partial charge in [-0.15, -0.1) is 16.9 Å². The fourth-order valence-corrected chi connectivity index (χ4v) is 4.83. The third-order valence-corrected chi connectivity index (χ3v) is 6.73. The number of nitrogens with zero attached hydrogens (tertiary/aromatic N) is 5. The zero-order valence-electron chi connectivity index (χ0n) is 18.4. The summed E-state index contributed by atoms with van der Waals surface area (Å²) in [6.45, 7) is 4.18. The molecule has 4 rings (SSSR count). The molecule has 0 unspecified atom stereocenters. The van der Waals surface area contributed by atoms with Gasteiger partial charge in [-0.3, -0.25) is 0 Å². The topological polar surface area (TPSA) is 63.0 Å². The van der Waals surface area contributed by atoms with Gasteiger partial charge in [0.2, 0.25) is 5.96 Å². The highest BCUT2D eigenvalue weighted by atomic mass is 32.2. The summed E-state index contributed by atoms with van der Waals surface area (Å²) < 4.78 is 4.44. The van der Waals surface area contributed by atoms with Crippen LogP contribution in [0.2, 0.25) is 0 Å². The summed E-state index contributed by atoms with van der Waals surface area (Å²) >= 11 is 1.92. The second-order valence-electron chi connectivity index (χ2n) is 7.92. The monoisotopic (exact) mass is 435 g/mol. The smallest absolute Gasteiger partial charge is 0.286 e. The Labute approximate surface area is 188 Å². The van der Waals surface area contributed by atoms with Crippen molar-refractivity contribution in [3.05, 3.63) is 54.4 Å². The molecule has 2 aromatic heterocycles. The van der Waals surface area contributed by atoms with Crippen LogP contribution in [0.1, 0.15) is 38.2 Å². The fourth-order valence-electron chi connectivity index (χ4n) is 3.81. The van der Waals surface area contributed by atoms with E-state index in [1.165, 1.54) is 53.2 Å². The Kier molecular flexibility index (Phi) is 6.92. The minimum Gasteiger partial charge on any atom is -0.368 e. The molecule has 3 aromatic rings. The van der Waals surface area contributed by atoms with E-state index in [0.29, 0.717) is 5.96 Å². The van der Waals surface area contributed by atoms with Crippen LogP contribution >= 0.6 is 11.8 Å². The molecule has 2 N–H and O–H groups in total. The van der Waals surface area contributed by atoms with Gasteiger partial charge in [-0.25, -0.2) is 8.97 Å². The number of guanidine groups is 1. The molecule has 6 nitrogen and oxygen atoms in total. The van der Waals surface area contributed by atoms with Gasteiger partial charge in [0, 0.05) is 29.6 Å². The van der Waals surface area contributed by atoms with Crippen molar-refractivity contribution in [1.29, 1.82) is 0 Å². The van der Waals surface area contributed by atoms with Crippen LogP contribution in [-0.2, 0) is 7.05 Å². The molecular weight excluding hydrogens is 404 g/mol. The summed E-state index contributed by atoms with van der Waals surface area (Å²) in [4.78, 5) is 3.38. The highest BCUT2D eigenvalue weighted by molar-refractivity contribution is 7.99. The molecule has 0 amide bonds. The molecule has 1 aliphatic heterocycles. The minimum atomic E-state index is 0.505. The Balaban J connectivity index is 1.48. The molecule has 0 saturated carbocycles. The van der Waals surface area contributed by atoms with Gasteiger partial charge in [0.25, 0.3) is 5.65 Å². The van der Waals surface area contributed by atoms with E-state index < -0.39 is 0 Å². The SMILES string of the molecule is CCCCSc1ccc2n(C)c(-c3ccc(/C=N/N=C(/N)N4CCCC4)cc3)c[n+]2c1. The van der Waals surface area contributed by atoms with Crippen LogP contribution in [0.4, 0.5) is 0 Å². The average molecular weight is 436 g/mol. The van der Waals surface area contributed by atoms with Gasteiger partial charge in [0.15, 0.2) is 5.69 Å². The van der Waals surface area contributed by atoms with Gasteiger partial charge in [-0.1, -0.05) is 25.5 Å². The van der Waals surface area contributed by atoms with Gasteiger partial charge >= 0.3 is 0 Å². The Morgan fingerprint density at radius 1 is 1.13 bits per heavy atom. The van der Waals surface area contributed by atoms with Crippen molar-refractivity contribution >= 4 is 29.6 Å². The number of aryl methyl sites for hydroxylation is 1. The first kappa shape index (κ1) is 21.4. The Morgan fingerprint density at radius 2 is 1.90 bits per heavy atom. The Bertz CT molecular complexity index is 1080. The second-order valence-corrected chi connectivity index (χ2v) is 9.09. The summed E-state index contributed by atoms with van der Waals surface area (Å²) in [6.07, 6.45) is 11.0. The number of thioether (sulfide) groups is 1. The zero-order chi connectivity index (χ0) is 21.6. The Morgan fingerprint density at radius 3 is 2.65 bits per heavy atom. The maximum atomic E-state index is 6.00. The molecule has 31 heavy (non-hydrogen) atoms. The summed E-state index contributed by atoms with van der Waals surface area (Å²) in [5.74, 6) is 1.67. The summed E-state index contributed by atoms with van der Waals surface area (Å²) in [5.41, 5.74) is 10.5. The third-order valence-electron chi connectivity index (χ3n) is 5.66. The first-order valence-electron chi connectivity index (χ1n) is 11.0. The van der Waals surface area contributed by atoms with Crippen molar-refractivity contribution in [3.8, 4) is 11.3 Å². The number of unbranched alkanes of at least 4 members (excludes halogenated alkanes) is 1. The molecule has 0 radical (unpaired) electrons. The number of pyridine rings is 1. The minimum absolute atomic E-state index is 0.505. The van der Waals surface area contributed by atoms with E-state index in [9.17, 15) is 0 Å². The van der Waals surface area contributed by atoms with Crippen LogP contribution in [0, 0.1) is 0 Å². The van der Waals surface area contributed by atoms with E-state index in [1.807, 2.05) is 11.8 Å². The highest BCUT2D eigenvalue weighted by Crippen LogP contribution is 2.22. The molecule has 162 valence electrons. The number of hydrogen-bond acceptors (Lipinski definition) is 3. The molecule has 0 atom stereocenters. The fraction of sp³-hybridized carbons (Fsp3) is 0.375. The van der Waals surface area contributed by atoms with Crippen LogP contribution in [0.5, 0.6) is 0 Å². The molecule has 1 aromatic carbocycles. The number of hydrogen-bond donors (Lipinski definition) is 1. The lowest BCUT2D eigenvalue weighted by Crippen LogP contribution is -2.34. The van der Waals surface area contributed by atoms with E-state index in [1.54, 1.807) is 6.21 Å². The number of nitrogens with two attached hydrogens (primary N) is 1. The molecule has 7 heteroatoms. The second kappa shape index (κ2) is 10.0. The normalized spacial score (nSPS) is 14.9. The zero-order valence-corrected chi connectivity index (χ0v) is 19.2.